The first-order valence-electron chi connectivity index (χ1n) is 20.6. The van der Waals surface area contributed by atoms with Gasteiger partial charge in [-0.25, -0.2) is 22.2 Å². The minimum atomic E-state index is -4.10. The molecule has 4 amide bonds. The van der Waals surface area contributed by atoms with Gasteiger partial charge >= 0.3 is 0 Å². The highest BCUT2D eigenvalue weighted by molar-refractivity contribution is 7.91. The molecule has 1 aromatic carbocycles. The summed E-state index contributed by atoms with van der Waals surface area (Å²) in [4.78, 5) is 63.4. The van der Waals surface area contributed by atoms with Crippen LogP contribution in [0.1, 0.15) is 82.0 Å². The van der Waals surface area contributed by atoms with Gasteiger partial charge in [0.25, 0.3) is 5.91 Å². The third kappa shape index (κ3) is 10.1. The van der Waals surface area contributed by atoms with E-state index >= 15 is 0 Å². The SMILES string of the molecule is COc1ccc2c(O[C@@H]3C[C@@H](C(N)=O)N(C(=O)[C@@H](NC(=O)c4ccncc4F)[C@H](C)C[C@H](C)CC/C=C\[C@@H]4CCCC4C(=O)NS(=O)(=O)C4(CF)CC4)C3)ncc(OC)c2c1. The molecule has 61 heavy (non-hydrogen) atoms. The molecule has 4 N–H and O–H groups in total. The molecule has 2 saturated carbocycles. The van der Waals surface area contributed by atoms with E-state index < -0.39 is 80.9 Å². The molecule has 2 aliphatic carbocycles. The number of nitrogens with two attached hydrogens (primary N) is 1. The van der Waals surface area contributed by atoms with E-state index in [1.807, 2.05) is 19.1 Å². The number of sulfonamides is 1. The van der Waals surface area contributed by atoms with Crippen LogP contribution in [0.15, 0.2) is 55.0 Å². The van der Waals surface area contributed by atoms with Crippen molar-refractivity contribution >= 4 is 44.4 Å². The number of amides is 4. The van der Waals surface area contributed by atoms with Crippen LogP contribution in [0.25, 0.3) is 10.8 Å². The number of alkyl halides is 1. The number of primary amides is 1. The number of fused-ring (bicyclic) bond motifs is 1. The zero-order valence-electron chi connectivity index (χ0n) is 34.8. The van der Waals surface area contributed by atoms with Crippen LogP contribution >= 0.6 is 0 Å². The molecular weight excluding hydrogens is 815 g/mol. The van der Waals surface area contributed by atoms with Crippen molar-refractivity contribution < 1.29 is 50.6 Å². The molecule has 0 spiro atoms. The van der Waals surface area contributed by atoms with Gasteiger partial charge in [-0.1, -0.05) is 32.4 Å². The second kappa shape index (κ2) is 19.1. The molecule has 7 atom stereocenters. The van der Waals surface area contributed by atoms with E-state index in [9.17, 15) is 36.4 Å². The number of pyridine rings is 2. The lowest BCUT2D eigenvalue weighted by atomic mass is 9.87. The van der Waals surface area contributed by atoms with Crippen molar-refractivity contribution in [3.8, 4) is 17.4 Å². The highest BCUT2D eigenvalue weighted by Gasteiger charge is 2.56. The van der Waals surface area contributed by atoms with E-state index in [0.29, 0.717) is 54.4 Å². The first-order chi connectivity index (χ1) is 29.1. The Balaban J connectivity index is 1.13. The first-order valence-corrected chi connectivity index (χ1v) is 22.1. The summed E-state index contributed by atoms with van der Waals surface area (Å²) in [7, 11) is -1.04. The molecule has 1 unspecified atom stereocenters. The van der Waals surface area contributed by atoms with Crippen LogP contribution in [0.2, 0.25) is 0 Å². The number of hydrogen-bond donors (Lipinski definition) is 3. The van der Waals surface area contributed by atoms with Crippen LogP contribution in [0.3, 0.4) is 0 Å². The van der Waals surface area contributed by atoms with E-state index in [1.54, 1.807) is 32.2 Å². The monoisotopic (exact) mass is 868 g/mol. The van der Waals surface area contributed by atoms with Gasteiger partial charge in [-0.3, -0.25) is 28.9 Å². The van der Waals surface area contributed by atoms with Gasteiger partial charge in [0.2, 0.25) is 33.6 Å². The fraction of sp³-hybridized carbons (Fsp3) is 0.535. The van der Waals surface area contributed by atoms with Crippen LogP contribution < -0.4 is 30.0 Å². The van der Waals surface area contributed by atoms with Gasteiger partial charge in [-0.2, -0.15) is 0 Å². The Kier molecular flexibility index (Phi) is 14.1. The van der Waals surface area contributed by atoms with E-state index in [1.165, 1.54) is 30.5 Å². The lowest BCUT2D eigenvalue weighted by Crippen LogP contribution is -2.55. The molecule has 18 heteroatoms. The maximum absolute atomic E-state index is 14.7. The number of nitrogens with one attached hydrogen (secondary N) is 2. The fourth-order valence-electron chi connectivity index (χ4n) is 8.53. The summed E-state index contributed by atoms with van der Waals surface area (Å²) in [5, 5.41) is 4.03. The van der Waals surface area contributed by atoms with Crippen molar-refractivity contribution in [2.75, 3.05) is 27.4 Å². The van der Waals surface area contributed by atoms with Crippen LogP contribution in [0.4, 0.5) is 8.78 Å². The van der Waals surface area contributed by atoms with Crippen molar-refractivity contribution in [1.82, 2.24) is 24.9 Å². The highest BCUT2D eigenvalue weighted by atomic mass is 32.2. The third-order valence-electron chi connectivity index (χ3n) is 12.3. The molecule has 3 aliphatic rings. The third-order valence-corrected chi connectivity index (χ3v) is 14.4. The number of ether oxygens (including phenoxy) is 3. The van der Waals surface area contributed by atoms with Gasteiger partial charge in [0.05, 0.1) is 38.7 Å². The molecule has 330 valence electrons. The number of likely N-dealkylation sites (tertiary alicyclic amines) is 1. The number of aromatic nitrogens is 2. The molecule has 3 aromatic rings. The van der Waals surface area contributed by atoms with E-state index in [2.05, 4.69) is 20.0 Å². The maximum atomic E-state index is 14.7. The molecule has 2 aromatic heterocycles. The number of carbonyl (C=O) groups excluding carboxylic acids is 4. The zero-order chi connectivity index (χ0) is 44.1. The van der Waals surface area contributed by atoms with Gasteiger partial charge < -0.3 is 30.2 Å². The molecule has 1 saturated heterocycles. The Labute approximate surface area is 354 Å². The number of halogens is 2. The minimum absolute atomic E-state index is 0.0161. The lowest BCUT2D eigenvalue weighted by Gasteiger charge is -2.32. The van der Waals surface area contributed by atoms with Crippen molar-refractivity contribution in [2.45, 2.75) is 94.6 Å². The average Bonchev–Trinajstić information content (AvgIpc) is 3.73. The first kappa shape index (κ1) is 45.1. The number of benzene rings is 1. The molecule has 6 rings (SSSR count). The Morgan fingerprint density at radius 2 is 1.85 bits per heavy atom. The van der Waals surface area contributed by atoms with Crippen LogP contribution in [0, 0.1) is 29.5 Å². The molecule has 0 radical (unpaired) electrons. The number of methoxy groups -OCH3 is 2. The quantitative estimate of drug-likeness (QED) is 0.140. The van der Waals surface area contributed by atoms with Gasteiger partial charge in [-0.05, 0) is 87.0 Å². The van der Waals surface area contributed by atoms with Crippen molar-refractivity contribution in [3.05, 3.63) is 66.4 Å². The summed E-state index contributed by atoms with van der Waals surface area (Å²) < 4.78 is 71.4. The van der Waals surface area contributed by atoms with Gasteiger partial charge in [0.1, 0.15) is 41.1 Å². The zero-order valence-corrected chi connectivity index (χ0v) is 35.6. The van der Waals surface area contributed by atoms with Crippen LogP contribution in [-0.2, 0) is 24.4 Å². The number of rotatable bonds is 19. The number of hydrogen-bond acceptors (Lipinski definition) is 11. The summed E-state index contributed by atoms with van der Waals surface area (Å²) in [5.74, 6) is -3.48. The molecule has 3 fully saturated rings. The molecule has 1 aliphatic heterocycles. The molecule has 0 bridgehead atoms. The normalized spacial score (nSPS) is 22.4. The summed E-state index contributed by atoms with van der Waals surface area (Å²) in [6, 6.07) is 4.24. The average molecular weight is 869 g/mol. The Hall–Kier alpha value is -5.39. The molecule has 3 heterocycles. The summed E-state index contributed by atoms with van der Waals surface area (Å²) in [5.41, 5.74) is 5.56. The van der Waals surface area contributed by atoms with E-state index in [4.69, 9.17) is 19.9 Å². The second-order valence-corrected chi connectivity index (χ2v) is 18.6. The molecule has 15 nitrogen and oxygen atoms in total. The summed E-state index contributed by atoms with van der Waals surface area (Å²) in [6.07, 6.45) is 11.1. The number of nitrogens with zero attached hydrogens (tertiary/aromatic N) is 3. The minimum Gasteiger partial charge on any atom is -0.497 e. The van der Waals surface area contributed by atoms with Crippen LogP contribution in [0.5, 0.6) is 17.4 Å². The number of allylic oxidation sites excluding steroid dienone is 2. The number of carbonyl (C=O) groups is 4. The van der Waals surface area contributed by atoms with Crippen molar-refractivity contribution in [2.24, 2.45) is 29.4 Å². The second-order valence-electron chi connectivity index (χ2n) is 16.5. The largest absolute Gasteiger partial charge is 0.497 e. The van der Waals surface area contributed by atoms with Crippen molar-refractivity contribution in [3.63, 3.8) is 0 Å². The van der Waals surface area contributed by atoms with E-state index in [-0.39, 0.29) is 49.1 Å². The Morgan fingerprint density at radius 1 is 1.08 bits per heavy atom. The predicted octanol–water partition coefficient (Wildman–Crippen LogP) is 4.78. The van der Waals surface area contributed by atoms with Gasteiger partial charge in [0, 0.05) is 29.3 Å². The Morgan fingerprint density at radius 3 is 2.52 bits per heavy atom. The fourth-order valence-corrected chi connectivity index (χ4v) is 9.94. The topological polar surface area (TPSA) is 209 Å². The van der Waals surface area contributed by atoms with Crippen LogP contribution in [-0.4, -0.2) is 97.3 Å². The van der Waals surface area contributed by atoms with Gasteiger partial charge in [-0.15, -0.1) is 0 Å². The molecular formula is C43H54F2N6O9S. The highest BCUT2D eigenvalue weighted by Crippen LogP contribution is 2.44. The van der Waals surface area contributed by atoms with E-state index in [0.717, 1.165) is 12.6 Å². The lowest BCUT2D eigenvalue weighted by molar-refractivity contribution is -0.140. The standard InChI is InChI=1S/C43H54F2N6O9S/c1-25(8-5-6-9-27-10-7-11-30(27)40(54)50-61(56,57)43(24-44)15-16-43)18-26(2)37(49-39(53)32-14-17-47-21-34(32)45)42(55)51-23-29(20-35(51)38(46)52)60-41-31-13-12-28(58-3)19-33(31)36(59-4)22-48-41/h6,9,12-14,17,19,21-22,25-27,29-30,35,37H,5,7-8,10-11,15-16,18,20,23-24H2,1-4H3,(H2,46,52)(H,49,53)(H,50,54)/b9-6-/t25-,26-,27-,29-,30?,35+,37+/m1/s1. The predicted molar refractivity (Wildman–Crippen MR) is 221 cm³/mol. The summed E-state index contributed by atoms with van der Waals surface area (Å²) >= 11 is 0. The maximum Gasteiger partial charge on any atom is 0.255 e. The summed E-state index contributed by atoms with van der Waals surface area (Å²) in [6.45, 7) is 2.72. The van der Waals surface area contributed by atoms with Gasteiger partial charge in [0.15, 0.2) is 5.82 Å². The Bertz CT molecular complexity index is 2260. The van der Waals surface area contributed by atoms with Crippen molar-refractivity contribution in [1.29, 1.82) is 0 Å². The smallest absolute Gasteiger partial charge is 0.255 e.